The van der Waals surface area contributed by atoms with Crippen LogP contribution in [0, 0.1) is 5.92 Å². The van der Waals surface area contributed by atoms with Crippen molar-refractivity contribution in [3.8, 4) is 11.3 Å². The summed E-state index contributed by atoms with van der Waals surface area (Å²) in [6.45, 7) is 1.46. The van der Waals surface area contributed by atoms with Gasteiger partial charge in [-0.2, -0.15) is 18.3 Å². The van der Waals surface area contributed by atoms with Crippen LogP contribution in [-0.2, 0) is 11.3 Å². The Kier molecular flexibility index (Phi) is 5.15. The maximum atomic E-state index is 12.5. The Morgan fingerprint density at radius 1 is 1.32 bits per heavy atom. The highest BCUT2D eigenvalue weighted by atomic mass is 35.5. The molecule has 0 atom stereocenters. The van der Waals surface area contributed by atoms with Gasteiger partial charge in [0.1, 0.15) is 0 Å². The molecule has 2 heterocycles. The van der Waals surface area contributed by atoms with Crippen molar-refractivity contribution in [3.63, 3.8) is 0 Å². The number of carbonyl (C=O) groups excluding carboxylic acids is 1. The minimum Gasteiger partial charge on any atom is -0.299 e. The van der Waals surface area contributed by atoms with E-state index in [1.54, 1.807) is 12.3 Å². The van der Waals surface area contributed by atoms with Crippen molar-refractivity contribution in [2.45, 2.75) is 25.6 Å². The molecule has 0 spiro atoms. The summed E-state index contributed by atoms with van der Waals surface area (Å²) in [4.78, 5) is 13.4. The molecule has 1 aromatic carbocycles. The number of alkyl halides is 3. The molecule has 0 amide bonds. The number of hydrogen-bond acceptors (Lipinski definition) is 3. The summed E-state index contributed by atoms with van der Waals surface area (Å²) in [5, 5.41) is 7.63. The normalized spacial score (nSPS) is 17.0. The van der Waals surface area contributed by atoms with Gasteiger partial charge >= 0.3 is 6.18 Å². The molecule has 1 N–H and O–H groups in total. The number of carbonyl (C=O) groups is 1. The molecule has 0 saturated carbocycles. The van der Waals surface area contributed by atoms with Crippen molar-refractivity contribution in [3.05, 3.63) is 41.0 Å². The molecule has 4 nitrogen and oxygen atoms in total. The number of halogens is 4. The first-order valence-electron chi connectivity index (χ1n) is 7.96. The van der Waals surface area contributed by atoms with Gasteiger partial charge in [-0.15, -0.1) is 0 Å². The SMILES string of the molecule is O=C(C1CCN(Cc2cn[nH]c2-c2cccc(Cl)c2)CC1)C(F)(F)F. The third-order valence-electron chi connectivity index (χ3n) is 4.46. The fraction of sp³-hybridized carbons (Fsp3) is 0.412. The highest BCUT2D eigenvalue weighted by Crippen LogP contribution is 2.29. The number of aromatic amines is 1. The lowest BCUT2D eigenvalue weighted by Crippen LogP contribution is -2.40. The molecular formula is C17H17ClF3N3O. The quantitative estimate of drug-likeness (QED) is 0.881. The van der Waals surface area contributed by atoms with Crippen molar-refractivity contribution in [1.29, 1.82) is 0 Å². The Morgan fingerprint density at radius 3 is 2.68 bits per heavy atom. The van der Waals surface area contributed by atoms with Crippen LogP contribution in [0.3, 0.4) is 0 Å². The first kappa shape index (κ1) is 17.9. The van der Waals surface area contributed by atoms with Gasteiger partial charge in [0.05, 0.1) is 11.9 Å². The zero-order valence-corrected chi connectivity index (χ0v) is 14.1. The smallest absolute Gasteiger partial charge is 0.299 e. The van der Waals surface area contributed by atoms with E-state index in [-0.39, 0.29) is 12.8 Å². The van der Waals surface area contributed by atoms with Crippen LogP contribution >= 0.6 is 11.6 Å². The maximum Gasteiger partial charge on any atom is 0.450 e. The van der Waals surface area contributed by atoms with Gasteiger partial charge in [0.15, 0.2) is 0 Å². The molecule has 0 bridgehead atoms. The molecule has 134 valence electrons. The summed E-state index contributed by atoms with van der Waals surface area (Å²) < 4.78 is 37.6. The predicted octanol–water partition coefficient (Wildman–Crippen LogP) is 4.07. The van der Waals surface area contributed by atoms with Crippen LogP contribution in [0.15, 0.2) is 30.5 Å². The highest BCUT2D eigenvalue weighted by Gasteiger charge is 2.43. The van der Waals surface area contributed by atoms with Gasteiger partial charge < -0.3 is 0 Å². The molecule has 1 aromatic heterocycles. The largest absolute Gasteiger partial charge is 0.450 e. The monoisotopic (exact) mass is 371 g/mol. The molecular weight excluding hydrogens is 355 g/mol. The molecule has 1 aliphatic rings. The first-order valence-corrected chi connectivity index (χ1v) is 8.34. The Labute approximate surface area is 148 Å². The van der Waals surface area contributed by atoms with Gasteiger partial charge in [-0.25, -0.2) is 0 Å². The van der Waals surface area contributed by atoms with Crippen LogP contribution in [0.1, 0.15) is 18.4 Å². The average Bonchev–Trinajstić information content (AvgIpc) is 3.02. The lowest BCUT2D eigenvalue weighted by molar-refractivity contribution is -0.177. The van der Waals surface area contributed by atoms with Gasteiger partial charge in [-0.05, 0) is 38.1 Å². The van der Waals surface area contributed by atoms with Crippen LogP contribution in [0.4, 0.5) is 13.2 Å². The number of Topliss-reactive ketones (excluding diaryl/α,β-unsaturated/α-hetero) is 1. The third-order valence-corrected chi connectivity index (χ3v) is 4.70. The number of H-pyrrole nitrogens is 1. The number of rotatable bonds is 4. The van der Waals surface area contributed by atoms with Crippen LogP contribution in [0.25, 0.3) is 11.3 Å². The van der Waals surface area contributed by atoms with Gasteiger partial charge in [-0.1, -0.05) is 23.7 Å². The van der Waals surface area contributed by atoms with E-state index in [0.29, 0.717) is 24.7 Å². The second-order valence-corrected chi connectivity index (χ2v) is 6.63. The number of ketones is 1. The summed E-state index contributed by atoms with van der Waals surface area (Å²) in [6, 6.07) is 7.37. The number of benzene rings is 1. The maximum absolute atomic E-state index is 12.5. The topological polar surface area (TPSA) is 49.0 Å². The molecule has 0 radical (unpaired) electrons. The predicted molar refractivity (Wildman–Crippen MR) is 88.1 cm³/mol. The van der Waals surface area contributed by atoms with Crippen molar-refractivity contribution >= 4 is 17.4 Å². The van der Waals surface area contributed by atoms with E-state index in [1.165, 1.54) is 0 Å². The summed E-state index contributed by atoms with van der Waals surface area (Å²) in [5.74, 6) is -2.52. The van der Waals surface area contributed by atoms with E-state index in [0.717, 1.165) is 16.8 Å². The Morgan fingerprint density at radius 2 is 2.04 bits per heavy atom. The molecule has 1 saturated heterocycles. The van der Waals surface area contributed by atoms with Crippen LogP contribution in [0.2, 0.25) is 5.02 Å². The van der Waals surface area contributed by atoms with E-state index in [9.17, 15) is 18.0 Å². The van der Waals surface area contributed by atoms with Crippen LogP contribution in [0.5, 0.6) is 0 Å². The summed E-state index contributed by atoms with van der Waals surface area (Å²) >= 11 is 6.02. The van der Waals surface area contributed by atoms with E-state index in [1.807, 2.05) is 23.1 Å². The summed E-state index contributed by atoms with van der Waals surface area (Å²) in [5.41, 5.74) is 2.70. The van der Waals surface area contributed by atoms with Crippen LogP contribution < -0.4 is 0 Å². The average molecular weight is 372 g/mol. The third kappa shape index (κ3) is 4.22. The fourth-order valence-corrected chi connectivity index (χ4v) is 3.34. The second kappa shape index (κ2) is 7.17. The molecule has 3 rings (SSSR count). The number of likely N-dealkylation sites (tertiary alicyclic amines) is 1. The highest BCUT2D eigenvalue weighted by molar-refractivity contribution is 6.30. The molecule has 8 heteroatoms. The second-order valence-electron chi connectivity index (χ2n) is 6.19. The molecule has 0 aliphatic carbocycles. The number of nitrogens with zero attached hydrogens (tertiary/aromatic N) is 2. The number of piperidine rings is 1. The zero-order valence-electron chi connectivity index (χ0n) is 13.3. The zero-order chi connectivity index (χ0) is 18.0. The Hall–Kier alpha value is -1.86. The van der Waals surface area contributed by atoms with Crippen molar-refractivity contribution in [1.82, 2.24) is 15.1 Å². The number of aromatic nitrogens is 2. The van der Waals surface area contributed by atoms with Crippen molar-refractivity contribution in [2.24, 2.45) is 5.92 Å². The van der Waals surface area contributed by atoms with Gasteiger partial charge in [-0.3, -0.25) is 14.8 Å². The van der Waals surface area contributed by atoms with E-state index >= 15 is 0 Å². The lowest BCUT2D eigenvalue weighted by Gasteiger charge is -2.31. The summed E-state index contributed by atoms with van der Waals surface area (Å²) in [6.07, 6.45) is -2.58. The molecule has 1 aliphatic heterocycles. The Balaban J connectivity index is 1.64. The van der Waals surface area contributed by atoms with Gasteiger partial charge in [0.2, 0.25) is 5.78 Å². The lowest BCUT2D eigenvalue weighted by atomic mass is 9.92. The van der Waals surface area contributed by atoms with Gasteiger partial charge in [0.25, 0.3) is 0 Å². The van der Waals surface area contributed by atoms with E-state index in [2.05, 4.69) is 10.2 Å². The number of nitrogens with one attached hydrogen (secondary N) is 1. The minimum absolute atomic E-state index is 0.225. The minimum atomic E-state index is -4.74. The van der Waals surface area contributed by atoms with E-state index in [4.69, 9.17) is 11.6 Å². The standard InChI is InChI=1S/C17H17ClF3N3O/c18-14-3-1-2-12(8-14)15-13(9-22-23-15)10-24-6-4-11(5-7-24)16(25)17(19,20)21/h1-3,8-9,11H,4-7,10H2,(H,22,23). The fourth-order valence-electron chi connectivity index (χ4n) is 3.15. The molecule has 25 heavy (non-hydrogen) atoms. The van der Waals surface area contributed by atoms with Crippen LogP contribution in [-0.4, -0.2) is 40.1 Å². The Bertz CT molecular complexity index is 752. The molecule has 1 fully saturated rings. The molecule has 2 aromatic rings. The van der Waals surface area contributed by atoms with Crippen molar-refractivity contribution in [2.75, 3.05) is 13.1 Å². The van der Waals surface area contributed by atoms with Gasteiger partial charge in [0, 0.05) is 28.6 Å². The number of hydrogen-bond donors (Lipinski definition) is 1. The first-order chi connectivity index (χ1) is 11.8. The van der Waals surface area contributed by atoms with E-state index < -0.39 is 17.9 Å². The molecule has 0 unspecified atom stereocenters. The summed E-state index contributed by atoms with van der Waals surface area (Å²) in [7, 11) is 0. The van der Waals surface area contributed by atoms with Crippen molar-refractivity contribution < 1.29 is 18.0 Å².